The number of piperidine rings is 1. The van der Waals surface area contributed by atoms with Crippen molar-refractivity contribution >= 4 is 49.0 Å². The lowest BCUT2D eigenvalue weighted by Gasteiger charge is -2.30. The number of phenols is 1. The molecule has 1 fully saturated rings. The summed E-state index contributed by atoms with van der Waals surface area (Å²) in [6, 6.07) is 3.90. The van der Waals surface area contributed by atoms with Gasteiger partial charge in [-0.15, -0.1) is 0 Å². The largest absolute Gasteiger partial charge is 0.506 e. The van der Waals surface area contributed by atoms with Crippen molar-refractivity contribution in [1.29, 1.82) is 0 Å². The van der Waals surface area contributed by atoms with E-state index in [-0.39, 0.29) is 11.7 Å². The van der Waals surface area contributed by atoms with Crippen LogP contribution in [-0.4, -0.2) is 34.0 Å². The summed E-state index contributed by atoms with van der Waals surface area (Å²) in [5.74, 6) is 0.213. The van der Waals surface area contributed by atoms with Crippen LogP contribution in [0.25, 0.3) is 5.57 Å². The Bertz CT molecular complexity index is 1010. The number of likely N-dealkylation sites (tertiary alicyclic amines) is 1. The monoisotopic (exact) mass is 505 g/mol. The first-order chi connectivity index (χ1) is 13.4. The number of anilines is 1. The zero-order chi connectivity index (χ0) is 20.0. The number of aromatic hydroxyl groups is 1. The third kappa shape index (κ3) is 3.35. The van der Waals surface area contributed by atoms with Crippen molar-refractivity contribution in [2.75, 3.05) is 18.8 Å². The molecule has 28 heavy (non-hydrogen) atoms. The zero-order valence-electron chi connectivity index (χ0n) is 15.6. The number of fused-ring (bicyclic) bond motifs is 2. The molecule has 5 nitrogen and oxygen atoms in total. The van der Waals surface area contributed by atoms with Gasteiger partial charge in [-0.1, -0.05) is 5.57 Å². The Labute approximate surface area is 180 Å². The lowest BCUT2D eigenvalue weighted by molar-refractivity contribution is -0.129. The third-order valence-electron chi connectivity index (χ3n) is 5.61. The molecule has 0 bridgehead atoms. The molecule has 0 atom stereocenters. The first-order valence-electron chi connectivity index (χ1n) is 9.29. The van der Waals surface area contributed by atoms with Crippen molar-refractivity contribution in [3.8, 4) is 5.75 Å². The van der Waals surface area contributed by atoms with Crippen molar-refractivity contribution in [2.45, 2.75) is 32.6 Å². The maximum atomic E-state index is 11.7. The molecule has 1 aromatic carbocycles. The van der Waals surface area contributed by atoms with E-state index in [0.717, 1.165) is 57.0 Å². The number of hydrogen-bond donors (Lipinski definition) is 2. The van der Waals surface area contributed by atoms with Gasteiger partial charge in [0.2, 0.25) is 5.91 Å². The summed E-state index contributed by atoms with van der Waals surface area (Å²) < 4.78 is 1.67. The van der Waals surface area contributed by atoms with Gasteiger partial charge in [0.25, 0.3) is 0 Å². The first-order valence-corrected chi connectivity index (χ1v) is 10.9. The molecule has 1 saturated heterocycles. The van der Waals surface area contributed by atoms with E-state index in [1.165, 1.54) is 11.1 Å². The summed E-state index contributed by atoms with van der Waals surface area (Å²) in [5.41, 5.74) is 13.1. The number of phenolic OH excluding ortho intramolecular Hbond substituents is 1. The van der Waals surface area contributed by atoms with E-state index in [2.05, 4.69) is 37.9 Å². The van der Waals surface area contributed by atoms with Gasteiger partial charge in [-0.3, -0.25) is 9.78 Å². The minimum atomic E-state index is 0.0986. The van der Waals surface area contributed by atoms with Crippen LogP contribution >= 0.6 is 31.9 Å². The van der Waals surface area contributed by atoms with Crippen LogP contribution in [0.15, 0.2) is 32.8 Å². The summed E-state index contributed by atoms with van der Waals surface area (Å²) in [5, 5.41) is 10.3. The van der Waals surface area contributed by atoms with Crippen molar-refractivity contribution in [3.63, 3.8) is 0 Å². The molecule has 1 aromatic heterocycles. The van der Waals surface area contributed by atoms with Gasteiger partial charge in [-0.05, 0) is 80.8 Å². The van der Waals surface area contributed by atoms with Crippen molar-refractivity contribution in [1.82, 2.24) is 9.88 Å². The lowest BCUT2D eigenvalue weighted by Crippen LogP contribution is -2.34. The SMILES string of the molecule is CC(=O)N1CCC(=C2c3ncc(Br)cc3CCc3cc(O)c(N)c(Br)c32)CC1. The Morgan fingerprint density at radius 3 is 2.50 bits per heavy atom. The average molecular weight is 507 g/mol. The van der Waals surface area contributed by atoms with Crippen molar-refractivity contribution in [3.05, 3.63) is 55.2 Å². The number of halogens is 2. The van der Waals surface area contributed by atoms with Gasteiger partial charge in [0.15, 0.2) is 0 Å². The number of carbonyl (C=O) groups excluding carboxylic acids is 1. The summed E-state index contributed by atoms with van der Waals surface area (Å²) in [6.07, 6.45) is 5.06. The molecule has 0 saturated carbocycles. The molecule has 1 amide bonds. The predicted octanol–water partition coefficient (Wildman–Crippen LogP) is 4.44. The van der Waals surface area contributed by atoms with Gasteiger partial charge in [0, 0.05) is 41.8 Å². The molecular weight excluding hydrogens is 486 g/mol. The summed E-state index contributed by atoms with van der Waals surface area (Å²) in [4.78, 5) is 18.4. The van der Waals surface area contributed by atoms with Crippen LogP contribution in [0.1, 0.15) is 42.1 Å². The summed E-state index contributed by atoms with van der Waals surface area (Å²) >= 11 is 7.18. The van der Waals surface area contributed by atoms with Crippen LogP contribution < -0.4 is 5.73 Å². The summed E-state index contributed by atoms with van der Waals surface area (Å²) in [7, 11) is 0. The molecule has 2 aliphatic rings. The Hall–Kier alpha value is -1.86. The minimum Gasteiger partial charge on any atom is -0.506 e. The van der Waals surface area contributed by atoms with E-state index in [4.69, 9.17) is 10.7 Å². The number of aromatic nitrogens is 1. The van der Waals surface area contributed by atoms with E-state index in [9.17, 15) is 9.90 Å². The lowest BCUT2D eigenvalue weighted by atomic mass is 9.88. The molecule has 0 spiro atoms. The Balaban J connectivity index is 1.95. The van der Waals surface area contributed by atoms with Crippen molar-refractivity contribution in [2.24, 2.45) is 0 Å². The van der Waals surface area contributed by atoms with Crippen LogP contribution in [0.2, 0.25) is 0 Å². The van der Waals surface area contributed by atoms with Gasteiger partial charge in [-0.2, -0.15) is 0 Å². The molecule has 3 N–H and O–H groups in total. The molecule has 4 rings (SSSR count). The number of nitrogens with zero attached hydrogens (tertiary/aromatic N) is 2. The maximum absolute atomic E-state index is 11.7. The van der Waals surface area contributed by atoms with Gasteiger partial charge in [0.05, 0.1) is 15.9 Å². The molecule has 0 radical (unpaired) electrons. The van der Waals surface area contributed by atoms with E-state index in [1.807, 2.05) is 11.1 Å². The highest BCUT2D eigenvalue weighted by Gasteiger charge is 2.28. The van der Waals surface area contributed by atoms with E-state index in [1.54, 1.807) is 13.0 Å². The normalized spacial score (nSPS) is 16.5. The fraction of sp³-hybridized carbons (Fsp3) is 0.333. The number of aryl methyl sites for hydroxylation is 2. The van der Waals surface area contributed by atoms with Gasteiger partial charge in [0.1, 0.15) is 5.75 Å². The number of amides is 1. The van der Waals surface area contributed by atoms with E-state index >= 15 is 0 Å². The fourth-order valence-electron chi connectivity index (χ4n) is 4.14. The molecule has 0 unspecified atom stereocenters. The van der Waals surface area contributed by atoms with Crippen molar-refractivity contribution < 1.29 is 9.90 Å². The number of pyridine rings is 1. The number of rotatable bonds is 0. The predicted molar refractivity (Wildman–Crippen MR) is 117 cm³/mol. The molecular formula is C21H21Br2N3O2. The Kier molecular flexibility index (Phi) is 5.22. The van der Waals surface area contributed by atoms with E-state index < -0.39 is 0 Å². The van der Waals surface area contributed by atoms with Crippen LogP contribution in [0, 0.1) is 0 Å². The van der Waals surface area contributed by atoms with Gasteiger partial charge >= 0.3 is 0 Å². The fourth-order valence-corrected chi connectivity index (χ4v) is 5.18. The number of hydrogen-bond acceptors (Lipinski definition) is 4. The average Bonchev–Trinajstić information content (AvgIpc) is 2.83. The molecule has 2 aromatic rings. The number of benzene rings is 1. The van der Waals surface area contributed by atoms with Crippen LogP contribution in [-0.2, 0) is 17.6 Å². The highest BCUT2D eigenvalue weighted by Crippen LogP contribution is 2.45. The molecule has 2 heterocycles. The quantitative estimate of drug-likeness (QED) is 0.409. The maximum Gasteiger partial charge on any atom is 0.219 e. The van der Waals surface area contributed by atoms with Gasteiger partial charge < -0.3 is 15.7 Å². The second-order valence-electron chi connectivity index (χ2n) is 7.30. The second kappa shape index (κ2) is 7.52. The molecule has 146 valence electrons. The number of carbonyl (C=O) groups is 1. The minimum absolute atomic E-state index is 0.0986. The van der Waals surface area contributed by atoms with Crippen LogP contribution in [0.5, 0.6) is 5.75 Å². The Morgan fingerprint density at radius 2 is 1.82 bits per heavy atom. The number of nitrogen functional groups attached to an aromatic ring is 1. The smallest absolute Gasteiger partial charge is 0.219 e. The zero-order valence-corrected chi connectivity index (χ0v) is 18.7. The molecule has 1 aliphatic heterocycles. The standard InChI is InChI=1S/C21H21Br2N3O2/c1-11(27)26-6-4-12(5-7-26)18-17-13(9-16(28)20(24)19(17)23)2-3-14-8-15(22)10-25-21(14)18/h8-10,28H,2-7,24H2,1H3. The topological polar surface area (TPSA) is 79.5 Å². The van der Waals surface area contributed by atoms with Gasteiger partial charge in [-0.25, -0.2) is 0 Å². The van der Waals surface area contributed by atoms with E-state index in [0.29, 0.717) is 18.8 Å². The highest BCUT2D eigenvalue weighted by atomic mass is 79.9. The molecule has 1 aliphatic carbocycles. The third-order valence-corrected chi connectivity index (χ3v) is 6.87. The molecule has 7 heteroatoms. The number of nitrogens with two attached hydrogens (primary N) is 1. The highest BCUT2D eigenvalue weighted by molar-refractivity contribution is 9.11. The van der Waals surface area contributed by atoms with Crippen LogP contribution in [0.4, 0.5) is 5.69 Å². The van der Waals surface area contributed by atoms with Crippen LogP contribution in [0.3, 0.4) is 0 Å². The Morgan fingerprint density at radius 1 is 1.14 bits per heavy atom. The first kappa shape index (κ1) is 19.5. The second-order valence-corrected chi connectivity index (χ2v) is 9.01. The summed E-state index contributed by atoms with van der Waals surface area (Å²) in [6.45, 7) is 3.04.